The van der Waals surface area contributed by atoms with Crippen LogP contribution in [0.4, 0.5) is 23.5 Å². The van der Waals surface area contributed by atoms with Crippen molar-refractivity contribution in [2.75, 3.05) is 0 Å². The second kappa shape index (κ2) is 49.2. The zero-order valence-electron chi connectivity index (χ0n) is 57.4. The molecule has 5 aliphatic carbocycles. The summed E-state index contributed by atoms with van der Waals surface area (Å²) in [5, 5.41) is 2.52. The molecule has 5 aromatic carbocycles. The fourth-order valence-electron chi connectivity index (χ4n) is 12.8. The molecular formula is C75H100Cl5F5O10S5. The van der Waals surface area contributed by atoms with Crippen LogP contribution in [-0.2, 0) is 24.0 Å². The van der Waals surface area contributed by atoms with Gasteiger partial charge in [0.25, 0.3) is 0 Å². The van der Waals surface area contributed by atoms with Crippen molar-refractivity contribution in [2.24, 2.45) is 59.2 Å². The van der Waals surface area contributed by atoms with Crippen LogP contribution in [0.3, 0.4) is 0 Å². The van der Waals surface area contributed by atoms with Gasteiger partial charge in [-0.2, -0.15) is 0 Å². The molecule has 0 N–H and O–H groups in total. The molecule has 0 atom stereocenters. The number of halogens is 10. The van der Waals surface area contributed by atoms with Crippen molar-refractivity contribution in [3.8, 4) is 28.7 Å². The van der Waals surface area contributed by atoms with Crippen LogP contribution in [0.25, 0.3) is 0 Å². The zero-order valence-corrected chi connectivity index (χ0v) is 65.6. The molecule has 5 aliphatic rings. The van der Waals surface area contributed by atoms with Crippen molar-refractivity contribution in [3.63, 3.8) is 0 Å². The Morgan fingerprint density at radius 1 is 0.270 bits per heavy atom. The highest BCUT2D eigenvalue weighted by Crippen LogP contribution is 2.39. The lowest BCUT2D eigenvalue weighted by Crippen LogP contribution is -2.25. The molecule has 0 aliphatic heterocycles. The lowest BCUT2D eigenvalue weighted by atomic mass is 9.81. The molecule has 560 valence electrons. The Labute approximate surface area is 640 Å². The van der Waals surface area contributed by atoms with E-state index in [-0.39, 0.29) is 83.0 Å². The third kappa shape index (κ3) is 31.6. The predicted molar refractivity (Wildman–Crippen MR) is 413 cm³/mol. The molecule has 0 saturated heterocycles. The average Bonchev–Trinajstić information content (AvgIpc) is 0.886. The Balaban J connectivity index is 0.000000617. The number of benzene rings is 5. The Hall–Kier alpha value is -3.70. The quantitative estimate of drug-likeness (QED) is 0.0299. The van der Waals surface area contributed by atoms with E-state index in [1.807, 2.05) is 0 Å². The van der Waals surface area contributed by atoms with Crippen LogP contribution in [0, 0.1) is 59.2 Å². The second-order valence-electron chi connectivity index (χ2n) is 25.8. The molecule has 10 rings (SSSR count). The lowest BCUT2D eigenvalue weighted by Gasteiger charge is -2.26. The van der Waals surface area contributed by atoms with Gasteiger partial charge < -0.3 is 23.7 Å². The zero-order chi connectivity index (χ0) is 69.1. The van der Waals surface area contributed by atoms with Crippen molar-refractivity contribution in [3.05, 3.63) is 116 Å². The minimum atomic E-state index is -0.127. The maximum atomic E-state index is 12.1. The summed E-state index contributed by atoms with van der Waals surface area (Å²) >= 11 is 50.7. The molecule has 0 aromatic heterocycles. The third-order valence-corrected chi connectivity index (χ3v) is 23.6. The van der Waals surface area contributed by atoms with E-state index in [1.165, 1.54) is 32.1 Å². The molecule has 5 fully saturated rings. The standard InChI is InChI=1S/5C15H19ClO2S.5FH/c5*1-2-10-3-5-11(6-4-10)15(17)18-12-7-8-14(19)13(16)9-12;;;;;/h5*7-11,19H,2-6H2,1H3;5*1H. The molecule has 5 aromatic rings. The predicted octanol–water partition coefficient (Wildman–Crippen LogP) is 24.5. The van der Waals surface area contributed by atoms with E-state index >= 15 is 0 Å². The van der Waals surface area contributed by atoms with E-state index in [4.69, 9.17) is 81.7 Å². The molecule has 25 heteroatoms. The second-order valence-corrected chi connectivity index (χ2v) is 30.2. The van der Waals surface area contributed by atoms with Gasteiger partial charge in [-0.15, -0.1) is 63.1 Å². The van der Waals surface area contributed by atoms with E-state index in [0.29, 0.717) is 78.3 Å². The van der Waals surface area contributed by atoms with Crippen LogP contribution in [0.1, 0.15) is 195 Å². The van der Waals surface area contributed by atoms with Gasteiger partial charge in [0, 0.05) is 54.8 Å². The smallest absolute Gasteiger partial charge is 0.314 e. The Morgan fingerprint density at radius 3 is 0.510 bits per heavy atom. The maximum Gasteiger partial charge on any atom is 0.314 e. The molecule has 0 spiro atoms. The number of carbonyl (C=O) groups is 5. The number of esters is 5. The number of hydrogen-bond donors (Lipinski definition) is 5. The summed E-state index contributed by atoms with van der Waals surface area (Å²) in [5.41, 5.74) is 0. The van der Waals surface area contributed by atoms with Crippen molar-refractivity contribution in [1.29, 1.82) is 0 Å². The first kappa shape index (κ1) is 94.3. The first-order chi connectivity index (χ1) is 45.5. The molecule has 0 amide bonds. The van der Waals surface area contributed by atoms with E-state index in [9.17, 15) is 24.0 Å². The van der Waals surface area contributed by atoms with E-state index in [1.54, 1.807) is 91.0 Å². The lowest BCUT2D eigenvalue weighted by molar-refractivity contribution is -0.141. The van der Waals surface area contributed by atoms with Crippen LogP contribution >= 0.6 is 121 Å². The summed E-state index contributed by atoms with van der Waals surface area (Å²) < 4.78 is 27.0. The van der Waals surface area contributed by atoms with Gasteiger partial charge in [-0.25, -0.2) is 0 Å². The first-order valence-corrected chi connectivity index (χ1v) is 38.1. The van der Waals surface area contributed by atoms with Crippen molar-refractivity contribution in [1.82, 2.24) is 0 Å². The van der Waals surface area contributed by atoms with Crippen molar-refractivity contribution in [2.45, 2.75) is 220 Å². The summed E-state index contributed by atoms with van der Waals surface area (Å²) in [6.45, 7) is 11.1. The van der Waals surface area contributed by atoms with E-state index in [0.717, 1.165) is 158 Å². The number of ether oxygens (including phenoxy) is 5. The Kier molecular flexibility index (Phi) is 46.4. The highest BCUT2D eigenvalue weighted by molar-refractivity contribution is 7.81. The average molecular weight is 1590 g/mol. The topological polar surface area (TPSA) is 132 Å². The summed E-state index contributed by atoms with van der Waals surface area (Å²) in [7, 11) is 0. The van der Waals surface area contributed by atoms with Crippen LogP contribution in [-0.4, -0.2) is 29.8 Å². The van der Waals surface area contributed by atoms with Gasteiger partial charge in [-0.3, -0.25) is 47.5 Å². The van der Waals surface area contributed by atoms with Gasteiger partial charge in [-0.05, 0) is 219 Å². The minimum absolute atomic E-state index is 0. The SMILES string of the molecule is CCC1CCC(C(=O)Oc2ccc(S)c(Cl)c2)CC1.CCC1CCC(C(=O)Oc2ccc(S)c(Cl)c2)CC1.CCC1CCC(C(=O)Oc2ccc(S)c(Cl)c2)CC1.CCC1CCC(C(=O)Oc2ccc(S)c(Cl)c2)CC1.CCC1CCC(C(=O)Oc2ccc(S)c(Cl)c2)CC1.F.F.F.F.F. The summed E-state index contributed by atoms with van der Waals surface area (Å²) in [6.07, 6.45) is 26.8. The molecular weight excluding hydrogens is 1490 g/mol. The molecule has 10 nitrogen and oxygen atoms in total. The minimum Gasteiger partial charge on any atom is -0.426 e. The van der Waals surface area contributed by atoms with Gasteiger partial charge in [0.15, 0.2) is 0 Å². The highest BCUT2D eigenvalue weighted by atomic mass is 35.5. The number of carbonyl (C=O) groups excluding carboxylic acids is 5. The Bertz CT molecular complexity index is 2790. The molecule has 0 bridgehead atoms. The molecule has 0 heterocycles. The number of thiol groups is 5. The van der Waals surface area contributed by atoms with Crippen LogP contribution in [0.5, 0.6) is 28.7 Å². The van der Waals surface area contributed by atoms with Gasteiger partial charge in [0.05, 0.1) is 54.7 Å². The molecule has 0 radical (unpaired) electrons. The van der Waals surface area contributed by atoms with Gasteiger partial charge in [0.2, 0.25) is 0 Å². The third-order valence-electron chi connectivity index (χ3n) is 19.5. The van der Waals surface area contributed by atoms with E-state index < -0.39 is 0 Å². The fourth-order valence-corrected chi connectivity index (χ4v) is 14.3. The summed E-state index contributed by atoms with van der Waals surface area (Å²) in [6, 6.07) is 25.5. The van der Waals surface area contributed by atoms with Crippen LogP contribution < -0.4 is 23.7 Å². The van der Waals surface area contributed by atoms with Crippen LogP contribution in [0.15, 0.2) is 115 Å². The molecule has 100 heavy (non-hydrogen) atoms. The van der Waals surface area contributed by atoms with Gasteiger partial charge in [0.1, 0.15) is 28.7 Å². The van der Waals surface area contributed by atoms with Gasteiger partial charge in [-0.1, -0.05) is 125 Å². The number of hydrogen-bond acceptors (Lipinski definition) is 15. The molecule has 0 unspecified atom stereocenters. The summed E-state index contributed by atoms with van der Waals surface area (Å²) in [4.78, 5) is 63.8. The van der Waals surface area contributed by atoms with Gasteiger partial charge >= 0.3 is 29.8 Å². The highest BCUT2D eigenvalue weighted by Gasteiger charge is 2.32. The Morgan fingerprint density at radius 2 is 0.400 bits per heavy atom. The first-order valence-electron chi connectivity index (χ1n) is 34.0. The number of rotatable bonds is 15. The fraction of sp³-hybridized carbons (Fsp3) is 0.533. The van der Waals surface area contributed by atoms with Crippen molar-refractivity contribution >= 4 is 151 Å². The van der Waals surface area contributed by atoms with Crippen LogP contribution in [0.2, 0.25) is 25.1 Å². The van der Waals surface area contributed by atoms with E-state index in [2.05, 4.69) is 97.8 Å². The molecule has 5 saturated carbocycles. The summed E-state index contributed by atoms with van der Waals surface area (Å²) in [5.74, 6) is 5.98. The van der Waals surface area contributed by atoms with Crippen molar-refractivity contribution < 1.29 is 71.2 Å². The largest absolute Gasteiger partial charge is 0.426 e. The normalized spacial score (nSPS) is 21.9. The maximum absolute atomic E-state index is 12.1. The monoisotopic (exact) mass is 1590 g/mol.